The van der Waals surface area contributed by atoms with E-state index < -0.39 is 0 Å². The summed E-state index contributed by atoms with van der Waals surface area (Å²) in [4.78, 5) is 14.6. The van der Waals surface area contributed by atoms with Crippen LogP contribution in [0.25, 0.3) is 31.7 Å². The normalized spacial score (nSPS) is 14.2. The van der Waals surface area contributed by atoms with Gasteiger partial charge in [0.2, 0.25) is 11.2 Å². The third-order valence-electron chi connectivity index (χ3n) is 4.65. The molecule has 0 bridgehead atoms. The number of pyridine rings is 1. The first kappa shape index (κ1) is 16.0. The molecule has 5 rings (SSSR count). The number of nitrogens with zero attached hydrogens (tertiary/aromatic N) is 3. The number of thiophene rings is 1. The van der Waals surface area contributed by atoms with Crippen molar-refractivity contribution >= 4 is 43.4 Å². The fourth-order valence-electron chi connectivity index (χ4n) is 3.10. The molecule has 0 atom stereocenters. The highest BCUT2D eigenvalue weighted by molar-refractivity contribution is 7.25. The molecule has 26 heavy (non-hydrogen) atoms. The van der Waals surface area contributed by atoms with Crippen LogP contribution in [0.1, 0.15) is 18.4 Å². The number of fused-ring (bicyclic) bond motifs is 3. The molecule has 0 saturated heterocycles. The minimum absolute atomic E-state index is 0.217. The number of halogens is 1. The van der Waals surface area contributed by atoms with Gasteiger partial charge in [-0.25, -0.2) is 9.97 Å². The zero-order valence-corrected chi connectivity index (χ0v) is 15.8. The van der Waals surface area contributed by atoms with Crippen LogP contribution in [-0.2, 0) is 0 Å². The number of hydrogen-bond acceptors (Lipinski definition) is 5. The molecule has 1 aliphatic rings. The van der Waals surface area contributed by atoms with Gasteiger partial charge in [-0.2, -0.15) is 4.98 Å². The van der Waals surface area contributed by atoms with E-state index in [1.807, 2.05) is 18.2 Å². The summed E-state index contributed by atoms with van der Waals surface area (Å²) in [6.45, 7) is 2.78. The summed E-state index contributed by atoms with van der Waals surface area (Å²) < 4.78 is 6.88. The molecule has 0 unspecified atom stereocenters. The van der Waals surface area contributed by atoms with Gasteiger partial charge in [0.25, 0.3) is 0 Å². The van der Waals surface area contributed by atoms with Gasteiger partial charge in [-0.15, -0.1) is 11.3 Å². The molecule has 6 heteroatoms. The lowest BCUT2D eigenvalue weighted by atomic mass is 10.1. The van der Waals surface area contributed by atoms with Crippen LogP contribution in [0.15, 0.2) is 36.4 Å². The molecule has 130 valence electrons. The molecular formula is C20H16ClN3OS. The summed E-state index contributed by atoms with van der Waals surface area (Å²) in [5, 5.41) is 1.25. The van der Waals surface area contributed by atoms with Crippen molar-refractivity contribution in [3.8, 4) is 17.1 Å². The van der Waals surface area contributed by atoms with Crippen LogP contribution in [0.3, 0.4) is 0 Å². The Bertz CT molecular complexity index is 1120. The molecule has 0 aliphatic heterocycles. The van der Waals surface area contributed by atoms with Crippen molar-refractivity contribution in [1.82, 2.24) is 15.0 Å². The monoisotopic (exact) mass is 381 g/mol. The van der Waals surface area contributed by atoms with Gasteiger partial charge in [0.1, 0.15) is 9.53 Å². The highest BCUT2D eigenvalue weighted by Crippen LogP contribution is 2.40. The predicted octanol–water partition coefficient (Wildman–Crippen LogP) is 5.66. The summed E-state index contributed by atoms with van der Waals surface area (Å²) >= 11 is 7.75. The van der Waals surface area contributed by atoms with Crippen molar-refractivity contribution in [2.75, 3.05) is 6.61 Å². The largest absolute Gasteiger partial charge is 0.476 e. The average Bonchev–Trinajstić information content (AvgIpc) is 3.40. The Balaban J connectivity index is 1.70. The first-order valence-electron chi connectivity index (χ1n) is 8.64. The van der Waals surface area contributed by atoms with Crippen molar-refractivity contribution in [3.05, 3.63) is 47.2 Å². The van der Waals surface area contributed by atoms with Crippen molar-refractivity contribution in [2.24, 2.45) is 5.92 Å². The van der Waals surface area contributed by atoms with Crippen molar-refractivity contribution < 1.29 is 4.74 Å². The molecular weight excluding hydrogens is 366 g/mol. The van der Waals surface area contributed by atoms with Gasteiger partial charge in [0.15, 0.2) is 0 Å². The maximum atomic E-state index is 6.17. The van der Waals surface area contributed by atoms with Crippen LogP contribution < -0.4 is 4.74 Å². The highest BCUT2D eigenvalue weighted by Gasteiger charge is 2.24. The molecule has 0 amide bonds. The second kappa shape index (κ2) is 6.18. The zero-order chi connectivity index (χ0) is 17.7. The molecule has 3 heterocycles. The average molecular weight is 382 g/mol. The summed E-state index contributed by atoms with van der Waals surface area (Å²) in [6, 6.07) is 12.3. The number of benzene rings is 1. The van der Waals surface area contributed by atoms with Crippen LogP contribution in [0.2, 0.25) is 5.28 Å². The fourth-order valence-corrected chi connectivity index (χ4v) is 4.40. The first-order valence-corrected chi connectivity index (χ1v) is 9.84. The van der Waals surface area contributed by atoms with Crippen LogP contribution in [0, 0.1) is 12.8 Å². The first-order chi connectivity index (χ1) is 12.7. The Kier molecular flexibility index (Phi) is 3.80. The molecule has 0 spiro atoms. The highest BCUT2D eigenvalue weighted by atomic mass is 35.5. The quantitative estimate of drug-likeness (QED) is 0.428. The van der Waals surface area contributed by atoms with Gasteiger partial charge < -0.3 is 4.74 Å². The van der Waals surface area contributed by atoms with E-state index in [1.165, 1.54) is 12.8 Å². The molecule has 4 aromatic rings. The minimum Gasteiger partial charge on any atom is -0.476 e. The van der Waals surface area contributed by atoms with E-state index in [0.29, 0.717) is 18.4 Å². The van der Waals surface area contributed by atoms with Crippen molar-refractivity contribution in [1.29, 1.82) is 0 Å². The van der Waals surface area contributed by atoms with Crippen molar-refractivity contribution in [3.63, 3.8) is 0 Å². The summed E-state index contributed by atoms with van der Waals surface area (Å²) in [6.07, 6.45) is 2.46. The number of hydrogen-bond donors (Lipinski definition) is 0. The Morgan fingerprint density at radius 1 is 1.15 bits per heavy atom. The lowest BCUT2D eigenvalue weighted by Crippen LogP contribution is -2.01. The molecule has 1 aliphatic carbocycles. The van der Waals surface area contributed by atoms with E-state index in [2.05, 4.69) is 35.1 Å². The lowest BCUT2D eigenvalue weighted by Gasteiger charge is -2.05. The van der Waals surface area contributed by atoms with E-state index in [4.69, 9.17) is 21.3 Å². The minimum atomic E-state index is 0.217. The second-order valence-electron chi connectivity index (χ2n) is 6.70. The number of ether oxygens (including phenoxy) is 1. The van der Waals surface area contributed by atoms with E-state index in [0.717, 1.165) is 37.3 Å². The van der Waals surface area contributed by atoms with Gasteiger partial charge >= 0.3 is 0 Å². The Labute approximate surface area is 159 Å². The summed E-state index contributed by atoms with van der Waals surface area (Å²) in [7, 11) is 0. The maximum absolute atomic E-state index is 6.17. The van der Waals surface area contributed by atoms with Gasteiger partial charge in [-0.05, 0) is 48.9 Å². The van der Waals surface area contributed by atoms with Gasteiger partial charge in [-0.3, -0.25) is 0 Å². The van der Waals surface area contributed by atoms with Gasteiger partial charge in [0, 0.05) is 10.9 Å². The van der Waals surface area contributed by atoms with Crippen LogP contribution in [0.4, 0.5) is 0 Å². The van der Waals surface area contributed by atoms with Gasteiger partial charge in [-0.1, -0.05) is 30.3 Å². The maximum Gasteiger partial charge on any atom is 0.236 e. The molecule has 1 saturated carbocycles. The molecule has 3 aromatic heterocycles. The third kappa shape index (κ3) is 2.81. The van der Waals surface area contributed by atoms with Crippen LogP contribution >= 0.6 is 22.9 Å². The van der Waals surface area contributed by atoms with E-state index in [9.17, 15) is 0 Å². The molecule has 1 fully saturated rings. The number of aromatic nitrogens is 3. The standard InChI is InChI=1S/C20H16ClN3OS/c1-11-9-14(13-5-3-2-4-6-13)22-19-15(11)16-17(26-19)18(24-20(21)23-16)25-10-12-7-8-12/h2-6,9,12H,7-8,10H2,1H3. The zero-order valence-electron chi connectivity index (χ0n) is 14.2. The van der Waals surface area contributed by atoms with E-state index in [1.54, 1.807) is 11.3 Å². The van der Waals surface area contributed by atoms with Crippen LogP contribution in [0.5, 0.6) is 5.88 Å². The van der Waals surface area contributed by atoms with Crippen LogP contribution in [-0.4, -0.2) is 21.6 Å². The summed E-state index contributed by atoms with van der Waals surface area (Å²) in [5.74, 6) is 1.23. The molecule has 0 radical (unpaired) electrons. The third-order valence-corrected chi connectivity index (χ3v) is 5.88. The second-order valence-corrected chi connectivity index (χ2v) is 8.04. The van der Waals surface area contributed by atoms with Crippen molar-refractivity contribution in [2.45, 2.75) is 19.8 Å². The Morgan fingerprint density at radius 3 is 2.73 bits per heavy atom. The lowest BCUT2D eigenvalue weighted by molar-refractivity contribution is 0.292. The number of rotatable bonds is 4. The predicted molar refractivity (Wildman–Crippen MR) is 106 cm³/mol. The van der Waals surface area contributed by atoms with E-state index in [-0.39, 0.29) is 5.28 Å². The summed E-state index contributed by atoms with van der Waals surface area (Å²) in [5.41, 5.74) is 4.02. The molecule has 1 aromatic carbocycles. The van der Waals surface area contributed by atoms with E-state index >= 15 is 0 Å². The smallest absolute Gasteiger partial charge is 0.236 e. The molecule has 0 N–H and O–H groups in total. The van der Waals surface area contributed by atoms with Gasteiger partial charge in [0.05, 0.1) is 17.8 Å². The molecule has 4 nitrogen and oxygen atoms in total. The fraction of sp³-hybridized carbons (Fsp3) is 0.250. The number of aryl methyl sites for hydroxylation is 1. The Morgan fingerprint density at radius 2 is 1.96 bits per heavy atom. The Hall–Kier alpha value is -2.24. The SMILES string of the molecule is Cc1cc(-c2ccccc2)nc2sc3c(OCC4CC4)nc(Cl)nc3c12. The topological polar surface area (TPSA) is 47.9 Å².